The van der Waals surface area contributed by atoms with Gasteiger partial charge in [-0.3, -0.25) is 0 Å². The van der Waals surface area contributed by atoms with Gasteiger partial charge in [-0.15, -0.1) is 0 Å². The van der Waals surface area contributed by atoms with E-state index in [0.29, 0.717) is 10.5 Å². The number of benzene rings is 1. The van der Waals surface area contributed by atoms with Crippen LogP contribution in [0.1, 0.15) is 31.7 Å². The molecule has 154 valence electrons. The highest BCUT2D eigenvalue weighted by Gasteiger charge is 2.54. The van der Waals surface area contributed by atoms with E-state index in [1.807, 2.05) is 26.1 Å². The van der Waals surface area contributed by atoms with Crippen molar-refractivity contribution in [3.8, 4) is 0 Å². The zero-order valence-corrected chi connectivity index (χ0v) is 18.1. The van der Waals surface area contributed by atoms with Crippen LogP contribution in [0.15, 0.2) is 39.8 Å². The number of para-hydroxylation sites is 1. The summed E-state index contributed by atoms with van der Waals surface area (Å²) < 4.78 is 10.2. The summed E-state index contributed by atoms with van der Waals surface area (Å²) in [5.74, 6) is -1.01. The normalized spacial score (nSPS) is 23.7. The van der Waals surface area contributed by atoms with E-state index in [1.54, 1.807) is 0 Å². The van der Waals surface area contributed by atoms with E-state index in [0.717, 1.165) is 47.8 Å². The van der Waals surface area contributed by atoms with Crippen LogP contribution in [-0.4, -0.2) is 56.7 Å². The summed E-state index contributed by atoms with van der Waals surface area (Å²) >= 11 is 1.35. The lowest BCUT2D eigenvalue weighted by atomic mass is 9.82. The molecule has 1 fully saturated rings. The molecule has 1 aromatic carbocycles. The van der Waals surface area contributed by atoms with Crippen molar-refractivity contribution in [3.63, 3.8) is 0 Å². The fourth-order valence-electron chi connectivity index (χ4n) is 4.63. The second kappa shape index (κ2) is 7.44. The Hall–Kier alpha value is -2.41. The van der Waals surface area contributed by atoms with Gasteiger partial charge in [0.2, 0.25) is 0 Å². The lowest BCUT2D eigenvalue weighted by Crippen LogP contribution is -2.49. The van der Waals surface area contributed by atoms with E-state index >= 15 is 0 Å². The maximum absolute atomic E-state index is 13.0. The highest BCUT2D eigenvalue weighted by molar-refractivity contribution is 8.07. The van der Waals surface area contributed by atoms with Gasteiger partial charge in [-0.05, 0) is 32.3 Å². The quantitative estimate of drug-likeness (QED) is 0.703. The third-order valence-electron chi connectivity index (χ3n) is 6.22. The van der Waals surface area contributed by atoms with E-state index < -0.39 is 17.5 Å². The van der Waals surface area contributed by atoms with Gasteiger partial charge in [-0.1, -0.05) is 30.0 Å². The number of nitrogens with zero attached hydrogens (tertiary/aromatic N) is 2. The maximum Gasteiger partial charge on any atom is 0.345 e. The summed E-state index contributed by atoms with van der Waals surface area (Å²) in [6.07, 6.45) is 3.45. The monoisotopic (exact) mass is 414 g/mol. The molecule has 4 rings (SSSR count). The Morgan fingerprint density at radius 1 is 1.03 bits per heavy atom. The van der Waals surface area contributed by atoms with Crippen LogP contribution in [0.4, 0.5) is 5.69 Å². The molecule has 0 N–H and O–H groups in total. The summed E-state index contributed by atoms with van der Waals surface area (Å²) in [7, 11) is 4.66. The van der Waals surface area contributed by atoms with Gasteiger partial charge >= 0.3 is 11.9 Å². The molecule has 29 heavy (non-hydrogen) atoms. The number of hydrogen-bond acceptors (Lipinski definition) is 7. The van der Waals surface area contributed by atoms with E-state index in [2.05, 4.69) is 21.9 Å². The summed E-state index contributed by atoms with van der Waals surface area (Å²) in [5.41, 5.74) is 2.71. The van der Waals surface area contributed by atoms with Crippen LogP contribution in [0.5, 0.6) is 0 Å². The molecule has 1 aromatic rings. The van der Waals surface area contributed by atoms with Crippen molar-refractivity contribution in [1.29, 1.82) is 0 Å². The lowest BCUT2D eigenvalue weighted by molar-refractivity contribution is -0.139. The van der Waals surface area contributed by atoms with Gasteiger partial charge in [-0.2, -0.15) is 0 Å². The van der Waals surface area contributed by atoms with Crippen LogP contribution in [-0.2, 0) is 19.1 Å². The smallest absolute Gasteiger partial charge is 0.345 e. The predicted octanol–water partition coefficient (Wildman–Crippen LogP) is 3.40. The first kappa shape index (κ1) is 19.9. The number of likely N-dealkylation sites (tertiary alicyclic amines) is 1. The van der Waals surface area contributed by atoms with E-state index in [-0.39, 0.29) is 0 Å². The Balaban J connectivity index is 2.01. The number of esters is 2. The number of thioether (sulfide) groups is 1. The first-order valence-corrected chi connectivity index (χ1v) is 10.7. The Bertz CT molecular complexity index is 932. The zero-order chi connectivity index (χ0) is 20.8. The number of carbonyl (C=O) groups is 2. The van der Waals surface area contributed by atoms with Gasteiger partial charge in [-0.25, -0.2) is 9.59 Å². The third-order valence-corrected chi connectivity index (χ3v) is 7.45. The molecule has 7 heteroatoms. The molecule has 0 bridgehead atoms. The lowest BCUT2D eigenvalue weighted by Gasteiger charge is -2.43. The number of ether oxygens (including phenoxy) is 2. The number of carbonyl (C=O) groups excluding carboxylic acids is 2. The first-order chi connectivity index (χ1) is 13.9. The van der Waals surface area contributed by atoms with Crippen molar-refractivity contribution < 1.29 is 19.1 Å². The molecule has 3 aliphatic heterocycles. The van der Waals surface area contributed by atoms with Crippen LogP contribution < -0.4 is 4.90 Å². The molecule has 0 saturated carbocycles. The zero-order valence-electron chi connectivity index (χ0n) is 17.3. The van der Waals surface area contributed by atoms with Gasteiger partial charge in [0.05, 0.1) is 30.4 Å². The average molecular weight is 415 g/mol. The van der Waals surface area contributed by atoms with Crippen molar-refractivity contribution in [3.05, 3.63) is 45.3 Å². The second-order valence-corrected chi connectivity index (χ2v) is 8.66. The SMILES string of the molecule is COC(=O)C1=C(C(=O)OC)C2(C)C(=C(N3CCCCC3)S1)c1ccccc1N2C. The van der Waals surface area contributed by atoms with E-state index in [1.165, 1.54) is 32.4 Å². The minimum atomic E-state index is -0.821. The van der Waals surface area contributed by atoms with Crippen molar-refractivity contribution in [2.45, 2.75) is 31.7 Å². The van der Waals surface area contributed by atoms with Crippen LogP contribution in [0.25, 0.3) is 5.57 Å². The number of hydrogen-bond donors (Lipinski definition) is 0. The Morgan fingerprint density at radius 2 is 1.69 bits per heavy atom. The van der Waals surface area contributed by atoms with E-state index in [4.69, 9.17) is 9.47 Å². The number of anilines is 1. The first-order valence-electron chi connectivity index (χ1n) is 9.87. The fraction of sp³-hybridized carbons (Fsp3) is 0.455. The molecule has 0 spiro atoms. The van der Waals surface area contributed by atoms with Crippen LogP contribution in [0.3, 0.4) is 0 Å². The van der Waals surface area contributed by atoms with Gasteiger partial charge < -0.3 is 19.3 Å². The van der Waals surface area contributed by atoms with Crippen LogP contribution in [0, 0.1) is 0 Å². The predicted molar refractivity (Wildman–Crippen MR) is 114 cm³/mol. The Morgan fingerprint density at radius 3 is 2.34 bits per heavy atom. The third kappa shape index (κ3) is 2.86. The Kier molecular flexibility index (Phi) is 5.11. The minimum absolute atomic E-state index is 0.311. The number of rotatable bonds is 3. The molecule has 1 unspecified atom stereocenters. The summed E-state index contributed by atoms with van der Waals surface area (Å²) in [5, 5.41) is 1.04. The largest absolute Gasteiger partial charge is 0.466 e. The molecule has 0 aromatic heterocycles. The van der Waals surface area contributed by atoms with Gasteiger partial charge in [0.15, 0.2) is 0 Å². The summed E-state index contributed by atoms with van der Waals surface area (Å²) in [4.78, 5) is 30.5. The topological polar surface area (TPSA) is 59.1 Å². The number of likely N-dealkylation sites (N-methyl/N-ethyl adjacent to an activating group) is 1. The summed E-state index contributed by atoms with van der Waals surface area (Å²) in [6, 6.07) is 8.15. The van der Waals surface area contributed by atoms with Crippen molar-refractivity contribution >= 4 is 35.0 Å². The minimum Gasteiger partial charge on any atom is -0.466 e. The summed E-state index contributed by atoms with van der Waals surface area (Å²) in [6.45, 7) is 3.88. The molecular formula is C22H26N2O4S. The van der Waals surface area contributed by atoms with Crippen molar-refractivity contribution in [2.24, 2.45) is 0 Å². The van der Waals surface area contributed by atoms with Gasteiger partial charge in [0, 0.05) is 37.0 Å². The molecule has 0 aliphatic carbocycles. The fourth-order valence-corrected chi connectivity index (χ4v) is 6.10. The standard InChI is InChI=1S/C22H26N2O4S/c1-22-16(14-10-6-7-11-15(14)23(22)2)19(24-12-8-5-9-13-24)29-18(21(26)28-4)17(22)20(25)27-3/h6-7,10-11H,5,8-9,12-13H2,1-4H3. The van der Waals surface area contributed by atoms with Gasteiger partial charge in [0.1, 0.15) is 4.91 Å². The Labute approximate surface area is 175 Å². The van der Waals surface area contributed by atoms with Gasteiger partial charge in [0.25, 0.3) is 0 Å². The average Bonchev–Trinajstić information content (AvgIpc) is 3.00. The molecule has 0 radical (unpaired) electrons. The molecule has 1 saturated heterocycles. The van der Waals surface area contributed by atoms with Crippen molar-refractivity contribution in [2.75, 3.05) is 39.3 Å². The molecule has 6 nitrogen and oxygen atoms in total. The van der Waals surface area contributed by atoms with Crippen LogP contribution in [0.2, 0.25) is 0 Å². The van der Waals surface area contributed by atoms with Crippen LogP contribution >= 0.6 is 11.8 Å². The highest BCUT2D eigenvalue weighted by atomic mass is 32.2. The number of piperidine rings is 1. The number of methoxy groups -OCH3 is 2. The van der Waals surface area contributed by atoms with E-state index in [9.17, 15) is 9.59 Å². The number of fused-ring (bicyclic) bond motifs is 3. The second-order valence-electron chi connectivity index (χ2n) is 7.67. The maximum atomic E-state index is 13.0. The molecule has 3 heterocycles. The highest BCUT2D eigenvalue weighted by Crippen LogP contribution is 2.58. The molecule has 3 aliphatic rings. The molecular weight excluding hydrogens is 388 g/mol. The molecule has 0 amide bonds. The van der Waals surface area contributed by atoms with Crippen molar-refractivity contribution in [1.82, 2.24) is 4.90 Å². The molecule has 1 atom stereocenters.